The molecule has 0 aliphatic carbocycles. The molecular formula is C13H15N3OS. The number of nitrogen functional groups attached to an aromatic ring is 1. The number of carbonyl (C=O) groups is 1. The van der Waals surface area contributed by atoms with E-state index in [2.05, 4.69) is 10.3 Å². The summed E-state index contributed by atoms with van der Waals surface area (Å²) < 4.78 is 0. The molecule has 0 saturated carbocycles. The molecule has 0 bridgehead atoms. The standard InChI is InChI=1S/C13H15N3OS/c1-9-2-4-10(5-3-9)12(17)15-7-6-11-8-18-13(14)16-11/h2-5,8H,6-7H2,1H3,(H2,14,16)(H,15,17). The molecule has 0 atom stereocenters. The highest BCUT2D eigenvalue weighted by Gasteiger charge is 2.05. The zero-order chi connectivity index (χ0) is 13.0. The predicted molar refractivity (Wildman–Crippen MR) is 73.7 cm³/mol. The van der Waals surface area contributed by atoms with Crippen LogP contribution in [0.3, 0.4) is 0 Å². The maximum Gasteiger partial charge on any atom is 0.251 e. The molecule has 0 spiro atoms. The highest BCUT2D eigenvalue weighted by atomic mass is 32.1. The van der Waals surface area contributed by atoms with Crippen LogP contribution in [0.2, 0.25) is 0 Å². The number of nitrogens with one attached hydrogen (secondary N) is 1. The van der Waals surface area contributed by atoms with Crippen LogP contribution in [0.5, 0.6) is 0 Å². The van der Waals surface area contributed by atoms with Gasteiger partial charge in [0.05, 0.1) is 5.69 Å². The smallest absolute Gasteiger partial charge is 0.251 e. The number of hydrogen-bond donors (Lipinski definition) is 2. The molecule has 0 unspecified atom stereocenters. The van der Waals surface area contributed by atoms with Gasteiger partial charge < -0.3 is 11.1 Å². The van der Waals surface area contributed by atoms with Crippen molar-refractivity contribution in [2.24, 2.45) is 0 Å². The molecule has 0 aliphatic rings. The Labute approximate surface area is 110 Å². The number of thiazole rings is 1. The van der Waals surface area contributed by atoms with Gasteiger partial charge in [-0.25, -0.2) is 4.98 Å². The fourth-order valence-electron chi connectivity index (χ4n) is 1.55. The van der Waals surface area contributed by atoms with Crippen molar-refractivity contribution in [2.75, 3.05) is 12.3 Å². The van der Waals surface area contributed by atoms with E-state index >= 15 is 0 Å². The van der Waals surface area contributed by atoms with Crippen molar-refractivity contribution in [1.29, 1.82) is 0 Å². The van der Waals surface area contributed by atoms with E-state index in [4.69, 9.17) is 5.73 Å². The fourth-order valence-corrected chi connectivity index (χ4v) is 2.15. The molecular weight excluding hydrogens is 246 g/mol. The summed E-state index contributed by atoms with van der Waals surface area (Å²) in [7, 11) is 0. The third-order valence-electron chi connectivity index (χ3n) is 2.55. The monoisotopic (exact) mass is 261 g/mol. The normalized spacial score (nSPS) is 10.3. The lowest BCUT2D eigenvalue weighted by Gasteiger charge is -2.04. The number of aryl methyl sites for hydroxylation is 1. The minimum absolute atomic E-state index is 0.0572. The molecule has 1 aromatic carbocycles. The van der Waals surface area contributed by atoms with Crippen LogP contribution >= 0.6 is 11.3 Å². The van der Waals surface area contributed by atoms with Gasteiger partial charge in [-0.15, -0.1) is 11.3 Å². The predicted octanol–water partition coefficient (Wildman–Crippen LogP) is 2.01. The second-order valence-electron chi connectivity index (χ2n) is 4.05. The van der Waals surface area contributed by atoms with Gasteiger partial charge in [0.2, 0.25) is 0 Å². The highest BCUT2D eigenvalue weighted by Crippen LogP contribution is 2.11. The van der Waals surface area contributed by atoms with Crippen molar-refractivity contribution in [2.45, 2.75) is 13.3 Å². The number of carbonyl (C=O) groups excluding carboxylic acids is 1. The van der Waals surface area contributed by atoms with Gasteiger partial charge >= 0.3 is 0 Å². The van der Waals surface area contributed by atoms with Gasteiger partial charge in [0.25, 0.3) is 5.91 Å². The Bertz CT molecular complexity index is 533. The van der Waals surface area contributed by atoms with E-state index in [0.29, 0.717) is 23.7 Å². The molecule has 2 aromatic rings. The number of nitrogens with zero attached hydrogens (tertiary/aromatic N) is 1. The molecule has 0 aliphatic heterocycles. The summed E-state index contributed by atoms with van der Waals surface area (Å²) in [6.07, 6.45) is 0.700. The summed E-state index contributed by atoms with van der Waals surface area (Å²) in [5, 5.41) is 5.34. The summed E-state index contributed by atoms with van der Waals surface area (Å²) in [5.74, 6) is -0.0572. The number of rotatable bonds is 4. The zero-order valence-electron chi connectivity index (χ0n) is 10.1. The molecule has 0 saturated heterocycles. The molecule has 2 rings (SSSR count). The van der Waals surface area contributed by atoms with Gasteiger partial charge in [0, 0.05) is 23.9 Å². The number of amides is 1. The number of aromatic nitrogens is 1. The maximum absolute atomic E-state index is 11.8. The Morgan fingerprint density at radius 1 is 1.39 bits per heavy atom. The molecule has 1 aromatic heterocycles. The molecule has 1 heterocycles. The van der Waals surface area contributed by atoms with Crippen molar-refractivity contribution in [3.8, 4) is 0 Å². The first-order valence-corrected chi connectivity index (χ1v) is 6.58. The third-order valence-corrected chi connectivity index (χ3v) is 3.27. The first-order chi connectivity index (χ1) is 8.65. The van der Waals surface area contributed by atoms with Crippen LogP contribution in [-0.4, -0.2) is 17.4 Å². The number of benzene rings is 1. The summed E-state index contributed by atoms with van der Waals surface area (Å²) in [6.45, 7) is 2.56. The molecule has 5 heteroatoms. The van der Waals surface area contributed by atoms with Crippen LogP contribution in [0.25, 0.3) is 0 Å². The lowest BCUT2D eigenvalue weighted by atomic mass is 10.1. The molecule has 94 valence electrons. The summed E-state index contributed by atoms with van der Waals surface area (Å²) in [5.41, 5.74) is 8.28. The minimum atomic E-state index is -0.0572. The Morgan fingerprint density at radius 2 is 2.11 bits per heavy atom. The molecule has 0 radical (unpaired) electrons. The maximum atomic E-state index is 11.8. The number of hydrogen-bond acceptors (Lipinski definition) is 4. The van der Waals surface area contributed by atoms with E-state index < -0.39 is 0 Å². The highest BCUT2D eigenvalue weighted by molar-refractivity contribution is 7.13. The van der Waals surface area contributed by atoms with Gasteiger partial charge in [-0.1, -0.05) is 17.7 Å². The zero-order valence-corrected chi connectivity index (χ0v) is 11.0. The van der Waals surface area contributed by atoms with Crippen LogP contribution in [0.4, 0.5) is 5.13 Å². The van der Waals surface area contributed by atoms with Gasteiger partial charge in [0.15, 0.2) is 5.13 Å². The van der Waals surface area contributed by atoms with E-state index in [1.807, 2.05) is 36.6 Å². The topological polar surface area (TPSA) is 68.0 Å². The quantitative estimate of drug-likeness (QED) is 0.884. The number of nitrogens with two attached hydrogens (primary N) is 1. The SMILES string of the molecule is Cc1ccc(C(=O)NCCc2csc(N)n2)cc1. The number of anilines is 1. The lowest BCUT2D eigenvalue weighted by Crippen LogP contribution is -2.25. The van der Waals surface area contributed by atoms with Crippen LogP contribution in [0.1, 0.15) is 21.6 Å². The van der Waals surface area contributed by atoms with Gasteiger partial charge in [-0.05, 0) is 19.1 Å². The first-order valence-electron chi connectivity index (χ1n) is 5.70. The van der Waals surface area contributed by atoms with Gasteiger partial charge in [0.1, 0.15) is 0 Å². The van der Waals surface area contributed by atoms with Gasteiger partial charge in [-0.3, -0.25) is 4.79 Å². The van der Waals surface area contributed by atoms with Crippen molar-refractivity contribution in [3.05, 3.63) is 46.5 Å². The summed E-state index contributed by atoms with van der Waals surface area (Å²) >= 11 is 1.42. The van der Waals surface area contributed by atoms with E-state index in [9.17, 15) is 4.79 Å². The molecule has 0 fully saturated rings. The molecule has 4 nitrogen and oxygen atoms in total. The molecule has 3 N–H and O–H groups in total. The largest absolute Gasteiger partial charge is 0.375 e. The van der Waals surface area contributed by atoms with Crippen molar-refractivity contribution in [3.63, 3.8) is 0 Å². The summed E-state index contributed by atoms with van der Waals surface area (Å²) in [6, 6.07) is 7.50. The average Bonchev–Trinajstić information content (AvgIpc) is 2.76. The van der Waals surface area contributed by atoms with E-state index in [1.165, 1.54) is 11.3 Å². The van der Waals surface area contributed by atoms with Crippen LogP contribution < -0.4 is 11.1 Å². The van der Waals surface area contributed by atoms with Gasteiger partial charge in [-0.2, -0.15) is 0 Å². The van der Waals surface area contributed by atoms with E-state index in [0.717, 1.165) is 11.3 Å². The van der Waals surface area contributed by atoms with Crippen LogP contribution in [-0.2, 0) is 6.42 Å². The van der Waals surface area contributed by atoms with E-state index in [1.54, 1.807) is 0 Å². The van der Waals surface area contributed by atoms with Crippen molar-refractivity contribution in [1.82, 2.24) is 10.3 Å². The Morgan fingerprint density at radius 3 is 2.72 bits per heavy atom. The summed E-state index contributed by atoms with van der Waals surface area (Å²) in [4.78, 5) is 15.9. The second kappa shape index (κ2) is 5.64. The average molecular weight is 261 g/mol. The first kappa shape index (κ1) is 12.6. The van der Waals surface area contributed by atoms with Crippen LogP contribution in [0, 0.1) is 6.92 Å². The van der Waals surface area contributed by atoms with E-state index in [-0.39, 0.29) is 5.91 Å². The Balaban J connectivity index is 1.83. The third kappa shape index (κ3) is 3.30. The van der Waals surface area contributed by atoms with Crippen molar-refractivity contribution >= 4 is 22.4 Å². The molecule has 1 amide bonds. The Hall–Kier alpha value is -1.88. The second-order valence-corrected chi connectivity index (χ2v) is 4.94. The van der Waals surface area contributed by atoms with Crippen LogP contribution in [0.15, 0.2) is 29.6 Å². The fraction of sp³-hybridized carbons (Fsp3) is 0.231. The van der Waals surface area contributed by atoms with Crippen molar-refractivity contribution < 1.29 is 4.79 Å². The minimum Gasteiger partial charge on any atom is -0.375 e. The lowest BCUT2D eigenvalue weighted by molar-refractivity contribution is 0.0954. The Kier molecular flexibility index (Phi) is 3.94. The molecule has 18 heavy (non-hydrogen) atoms.